The topological polar surface area (TPSA) is 78.5 Å². The largest absolute Gasteiger partial charge is 0.325 e. The number of hydrogen-bond donors (Lipinski definition) is 2. The Morgan fingerprint density at radius 1 is 1.22 bits per heavy atom. The summed E-state index contributed by atoms with van der Waals surface area (Å²) in [6.07, 6.45) is 0.260. The zero-order valence-corrected chi connectivity index (χ0v) is 15.2. The number of nitrogens with zero attached hydrogens (tertiary/aromatic N) is 1. The number of carbonyl (C=O) groups is 3. The summed E-state index contributed by atoms with van der Waals surface area (Å²) < 4.78 is 13.2. The molecule has 2 N–H and O–H groups in total. The Bertz CT molecular complexity index is 903. The maximum Gasteiger partial charge on any atom is 0.325 e. The maximum absolute atomic E-state index is 13.2. The molecule has 1 aliphatic heterocycles. The molecule has 0 saturated carbocycles. The van der Waals surface area contributed by atoms with Gasteiger partial charge >= 0.3 is 6.03 Å². The molecule has 0 aromatic heterocycles. The highest BCUT2D eigenvalue weighted by Crippen LogP contribution is 2.32. The van der Waals surface area contributed by atoms with Gasteiger partial charge < -0.3 is 10.6 Å². The van der Waals surface area contributed by atoms with Crippen LogP contribution in [0, 0.1) is 5.82 Å². The van der Waals surface area contributed by atoms with Crippen molar-refractivity contribution in [3.8, 4) is 0 Å². The number of benzene rings is 2. The van der Waals surface area contributed by atoms with E-state index in [1.807, 2.05) is 0 Å². The van der Waals surface area contributed by atoms with Crippen molar-refractivity contribution >= 4 is 35.1 Å². The zero-order valence-electron chi connectivity index (χ0n) is 14.5. The smallest absolute Gasteiger partial charge is 0.324 e. The second-order valence-electron chi connectivity index (χ2n) is 6.15. The second kappa shape index (κ2) is 7.36. The SMILES string of the molecule is CC[C@]1(c2ccc(F)cc2)NC(=O)N(CC(=O)Nc2cccc(Cl)c2)C1=O. The van der Waals surface area contributed by atoms with E-state index < -0.39 is 35.7 Å². The fourth-order valence-electron chi connectivity index (χ4n) is 3.05. The lowest BCUT2D eigenvalue weighted by Gasteiger charge is -2.25. The monoisotopic (exact) mass is 389 g/mol. The van der Waals surface area contributed by atoms with Gasteiger partial charge in [0, 0.05) is 10.7 Å². The van der Waals surface area contributed by atoms with E-state index in [0.29, 0.717) is 16.3 Å². The van der Waals surface area contributed by atoms with Crippen LogP contribution in [0.2, 0.25) is 5.02 Å². The third-order valence-electron chi connectivity index (χ3n) is 4.45. The summed E-state index contributed by atoms with van der Waals surface area (Å²) in [7, 11) is 0. The summed E-state index contributed by atoms with van der Waals surface area (Å²) in [6.45, 7) is 1.29. The van der Waals surface area contributed by atoms with Crippen molar-refractivity contribution in [1.82, 2.24) is 10.2 Å². The lowest BCUT2D eigenvalue weighted by molar-refractivity contribution is -0.134. The highest BCUT2D eigenvalue weighted by Gasteiger charge is 2.51. The van der Waals surface area contributed by atoms with Gasteiger partial charge in [0.05, 0.1) is 0 Å². The number of hydrogen-bond acceptors (Lipinski definition) is 3. The molecule has 27 heavy (non-hydrogen) atoms. The minimum Gasteiger partial charge on any atom is -0.324 e. The molecule has 6 nitrogen and oxygen atoms in total. The third kappa shape index (κ3) is 3.64. The van der Waals surface area contributed by atoms with Gasteiger partial charge in [-0.2, -0.15) is 0 Å². The first-order valence-electron chi connectivity index (χ1n) is 8.31. The van der Waals surface area contributed by atoms with Crippen LogP contribution in [0.4, 0.5) is 14.9 Å². The van der Waals surface area contributed by atoms with Gasteiger partial charge in [0.15, 0.2) is 0 Å². The van der Waals surface area contributed by atoms with Crippen molar-refractivity contribution in [2.45, 2.75) is 18.9 Å². The first-order chi connectivity index (χ1) is 12.9. The molecule has 1 fully saturated rings. The van der Waals surface area contributed by atoms with Gasteiger partial charge in [-0.25, -0.2) is 9.18 Å². The van der Waals surface area contributed by atoms with E-state index in [9.17, 15) is 18.8 Å². The predicted molar refractivity (Wildman–Crippen MR) is 98.7 cm³/mol. The molecule has 0 aliphatic carbocycles. The Labute approximate surface area is 160 Å². The van der Waals surface area contributed by atoms with E-state index in [1.54, 1.807) is 31.2 Å². The Balaban J connectivity index is 1.78. The summed E-state index contributed by atoms with van der Waals surface area (Å²) >= 11 is 5.87. The van der Waals surface area contributed by atoms with Crippen LogP contribution in [0.5, 0.6) is 0 Å². The van der Waals surface area contributed by atoms with Gasteiger partial charge in [-0.1, -0.05) is 36.7 Å². The molecule has 3 rings (SSSR count). The maximum atomic E-state index is 13.2. The summed E-state index contributed by atoms with van der Waals surface area (Å²) in [5, 5.41) is 5.69. The summed E-state index contributed by atoms with van der Waals surface area (Å²) in [6, 6.07) is 11.2. The van der Waals surface area contributed by atoms with Crippen molar-refractivity contribution < 1.29 is 18.8 Å². The molecule has 0 spiro atoms. The summed E-state index contributed by atoms with van der Waals surface area (Å²) in [5.41, 5.74) is -0.399. The quantitative estimate of drug-likeness (QED) is 0.770. The number of halogens is 2. The van der Waals surface area contributed by atoms with Gasteiger partial charge in [-0.15, -0.1) is 0 Å². The van der Waals surface area contributed by atoms with E-state index in [0.717, 1.165) is 4.90 Å². The van der Waals surface area contributed by atoms with Crippen molar-refractivity contribution in [3.63, 3.8) is 0 Å². The van der Waals surface area contributed by atoms with Gasteiger partial charge in [-0.3, -0.25) is 14.5 Å². The normalized spacial score (nSPS) is 19.1. The van der Waals surface area contributed by atoms with Crippen LogP contribution in [0.1, 0.15) is 18.9 Å². The van der Waals surface area contributed by atoms with Gasteiger partial charge in [0.1, 0.15) is 17.9 Å². The second-order valence-corrected chi connectivity index (χ2v) is 6.58. The van der Waals surface area contributed by atoms with Crippen LogP contribution in [0.25, 0.3) is 0 Å². The molecule has 140 valence electrons. The summed E-state index contributed by atoms with van der Waals surface area (Å²) in [5.74, 6) is -1.53. The number of nitrogens with one attached hydrogen (secondary N) is 2. The lowest BCUT2D eigenvalue weighted by Crippen LogP contribution is -2.44. The molecule has 0 radical (unpaired) electrons. The van der Waals surface area contributed by atoms with E-state index in [1.165, 1.54) is 24.3 Å². The molecule has 2 aromatic rings. The Kier molecular flexibility index (Phi) is 5.14. The third-order valence-corrected chi connectivity index (χ3v) is 4.69. The number of urea groups is 1. The van der Waals surface area contributed by atoms with E-state index in [2.05, 4.69) is 10.6 Å². The zero-order chi connectivity index (χ0) is 19.6. The molecule has 1 atom stereocenters. The van der Waals surface area contributed by atoms with Crippen molar-refractivity contribution in [2.75, 3.05) is 11.9 Å². The van der Waals surface area contributed by atoms with Gasteiger partial charge in [-0.05, 0) is 42.3 Å². The van der Waals surface area contributed by atoms with E-state index >= 15 is 0 Å². The lowest BCUT2D eigenvalue weighted by atomic mass is 9.87. The van der Waals surface area contributed by atoms with Crippen LogP contribution < -0.4 is 10.6 Å². The van der Waals surface area contributed by atoms with Crippen LogP contribution >= 0.6 is 11.6 Å². The number of anilines is 1. The van der Waals surface area contributed by atoms with Crippen LogP contribution in [-0.2, 0) is 15.1 Å². The average molecular weight is 390 g/mol. The molecule has 2 aromatic carbocycles. The standard InChI is InChI=1S/C19H17ClFN3O3/c1-2-19(12-6-8-14(21)9-7-12)17(26)24(18(27)23-19)11-16(25)22-15-5-3-4-13(20)10-15/h3-10H,2,11H2,1H3,(H,22,25)(H,23,27)/t19-/m1/s1. The van der Waals surface area contributed by atoms with Crippen molar-refractivity contribution in [1.29, 1.82) is 0 Å². The molecule has 1 heterocycles. The number of carbonyl (C=O) groups excluding carboxylic acids is 3. The first-order valence-corrected chi connectivity index (χ1v) is 8.69. The molecule has 1 aliphatic rings. The van der Waals surface area contributed by atoms with E-state index in [-0.39, 0.29) is 6.42 Å². The van der Waals surface area contributed by atoms with E-state index in [4.69, 9.17) is 11.6 Å². The molecule has 0 unspecified atom stereocenters. The highest BCUT2D eigenvalue weighted by atomic mass is 35.5. The Morgan fingerprint density at radius 2 is 1.93 bits per heavy atom. The fourth-order valence-corrected chi connectivity index (χ4v) is 3.24. The number of imide groups is 1. The molecule has 1 saturated heterocycles. The minimum atomic E-state index is -1.32. The Morgan fingerprint density at radius 3 is 2.56 bits per heavy atom. The van der Waals surface area contributed by atoms with Crippen LogP contribution in [0.15, 0.2) is 48.5 Å². The summed E-state index contributed by atoms with van der Waals surface area (Å²) in [4.78, 5) is 38.4. The minimum absolute atomic E-state index is 0.260. The number of amides is 4. The van der Waals surface area contributed by atoms with Crippen LogP contribution in [-0.4, -0.2) is 29.3 Å². The first kappa shape index (κ1) is 18.8. The van der Waals surface area contributed by atoms with Gasteiger partial charge in [0.25, 0.3) is 5.91 Å². The van der Waals surface area contributed by atoms with Crippen molar-refractivity contribution in [2.24, 2.45) is 0 Å². The van der Waals surface area contributed by atoms with Crippen LogP contribution in [0.3, 0.4) is 0 Å². The predicted octanol–water partition coefficient (Wildman–Crippen LogP) is 3.27. The highest BCUT2D eigenvalue weighted by molar-refractivity contribution is 6.30. The molecular weight excluding hydrogens is 373 g/mol. The number of rotatable bonds is 5. The van der Waals surface area contributed by atoms with Crippen molar-refractivity contribution in [3.05, 3.63) is 64.9 Å². The molecule has 0 bridgehead atoms. The fraction of sp³-hybridized carbons (Fsp3) is 0.211. The molecule has 4 amide bonds. The Hall–Kier alpha value is -2.93. The van der Waals surface area contributed by atoms with Gasteiger partial charge in [0.2, 0.25) is 5.91 Å². The average Bonchev–Trinajstić information content (AvgIpc) is 2.87. The molecular formula is C19H17ClFN3O3. The molecule has 8 heteroatoms.